The molecular weight excluding hydrogens is 355 g/mol. The second kappa shape index (κ2) is 8.39. The van der Waals surface area contributed by atoms with Gasteiger partial charge in [-0.05, 0) is 18.4 Å². The third-order valence-corrected chi connectivity index (χ3v) is 4.30. The fraction of sp³-hybridized carbons (Fsp3) is 0.529. The fourth-order valence-electron chi connectivity index (χ4n) is 2.91. The monoisotopic (exact) mass is 375 g/mol. The topological polar surface area (TPSA) is 76.1 Å². The molecule has 9 heteroatoms. The molecule has 144 valence electrons. The first kappa shape index (κ1) is 20.0. The molecule has 1 heterocycles. The molecule has 0 aliphatic carbocycles. The molecule has 1 aromatic rings. The Morgan fingerprint density at radius 3 is 2.50 bits per heavy atom. The highest BCUT2D eigenvalue weighted by molar-refractivity contribution is 5.75. The molecule has 1 aliphatic heterocycles. The number of alkyl halides is 3. The van der Waals surface area contributed by atoms with E-state index in [0.29, 0.717) is 5.56 Å². The Bertz CT molecular complexity index is 623. The van der Waals surface area contributed by atoms with Gasteiger partial charge in [0.1, 0.15) is 6.61 Å². The number of amides is 1. The summed E-state index contributed by atoms with van der Waals surface area (Å²) in [6.07, 6.45) is -8.74. The number of benzene rings is 1. The van der Waals surface area contributed by atoms with Gasteiger partial charge in [0.25, 0.3) is 0 Å². The number of rotatable bonds is 4. The van der Waals surface area contributed by atoms with Crippen LogP contribution in [-0.2, 0) is 20.9 Å². The van der Waals surface area contributed by atoms with E-state index in [-0.39, 0.29) is 26.0 Å². The second-order valence-corrected chi connectivity index (χ2v) is 6.04. The lowest BCUT2D eigenvalue weighted by Gasteiger charge is -2.40. The summed E-state index contributed by atoms with van der Waals surface area (Å²) in [5, 5.41) is 9.61. The Kier molecular flexibility index (Phi) is 6.47. The summed E-state index contributed by atoms with van der Waals surface area (Å²) < 4.78 is 48.5. The summed E-state index contributed by atoms with van der Waals surface area (Å²) in [7, 11) is 1.16. The van der Waals surface area contributed by atoms with Crippen LogP contribution in [0.5, 0.6) is 0 Å². The molecule has 6 nitrogen and oxygen atoms in total. The molecule has 3 atom stereocenters. The minimum Gasteiger partial charge on any atom is -0.469 e. The van der Waals surface area contributed by atoms with Gasteiger partial charge in [-0.1, -0.05) is 30.3 Å². The molecule has 1 aliphatic rings. The molecular formula is C17H20F3NO5. The number of hydrogen-bond donors (Lipinski definition) is 1. The predicted molar refractivity (Wildman–Crippen MR) is 83.9 cm³/mol. The van der Waals surface area contributed by atoms with E-state index in [1.807, 2.05) is 0 Å². The fourth-order valence-corrected chi connectivity index (χ4v) is 2.91. The van der Waals surface area contributed by atoms with Crippen LogP contribution in [0.2, 0.25) is 0 Å². The Morgan fingerprint density at radius 2 is 1.92 bits per heavy atom. The molecule has 0 unspecified atom stereocenters. The van der Waals surface area contributed by atoms with Gasteiger partial charge >= 0.3 is 18.2 Å². The van der Waals surface area contributed by atoms with E-state index in [0.717, 1.165) is 12.0 Å². The number of carbonyl (C=O) groups excluding carboxylic acids is 2. The molecule has 26 heavy (non-hydrogen) atoms. The lowest BCUT2D eigenvalue weighted by molar-refractivity contribution is -0.223. The van der Waals surface area contributed by atoms with Crippen molar-refractivity contribution in [3.8, 4) is 0 Å². The highest BCUT2D eigenvalue weighted by Crippen LogP contribution is 2.32. The first-order valence-electron chi connectivity index (χ1n) is 8.04. The number of nitrogens with zero attached hydrogens (tertiary/aromatic N) is 1. The van der Waals surface area contributed by atoms with E-state index >= 15 is 0 Å². The van der Waals surface area contributed by atoms with Crippen LogP contribution in [0.4, 0.5) is 18.0 Å². The first-order chi connectivity index (χ1) is 12.2. The van der Waals surface area contributed by atoms with Crippen LogP contribution >= 0.6 is 0 Å². The highest BCUT2D eigenvalue weighted by Gasteiger charge is 2.49. The van der Waals surface area contributed by atoms with Gasteiger partial charge in [0, 0.05) is 6.54 Å². The van der Waals surface area contributed by atoms with Gasteiger partial charge in [0.05, 0.1) is 19.1 Å². The number of hydrogen-bond acceptors (Lipinski definition) is 5. The van der Waals surface area contributed by atoms with Crippen molar-refractivity contribution in [1.82, 2.24) is 4.90 Å². The van der Waals surface area contributed by atoms with Gasteiger partial charge in [-0.15, -0.1) is 0 Å². The number of halogens is 3. The maximum atomic E-state index is 12.9. The maximum absolute atomic E-state index is 12.9. The number of aliphatic hydroxyl groups excluding tert-OH is 1. The summed E-state index contributed by atoms with van der Waals surface area (Å²) in [4.78, 5) is 24.8. The molecule has 0 spiro atoms. The molecule has 2 rings (SSSR count). The van der Waals surface area contributed by atoms with Crippen molar-refractivity contribution >= 4 is 12.1 Å². The Balaban J connectivity index is 2.12. The zero-order chi connectivity index (χ0) is 19.3. The lowest BCUT2D eigenvalue weighted by Crippen LogP contribution is -2.57. The van der Waals surface area contributed by atoms with Crippen molar-refractivity contribution in [1.29, 1.82) is 0 Å². The van der Waals surface area contributed by atoms with Crippen LogP contribution in [0.15, 0.2) is 30.3 Å². The predicted octanol–water partition coefficient (Wildman–Crippen LogP) is 2.50. The van der Waals surface area contributed by atoms with Crippen LogP contribution in [0.1, 0.15) is 18.4 Å². The average molecular weight is 375 g/mol. The van der Waals surface area contributed by atoms with Gasteiger partial charge in [0.15, 0.2) is 6.10 Å². The third kappa shape index (κ3) is 4.87. The highest BCUT2D eigenvalue weighted by atomic mass is 19.4. The summed E-state index contributed by atoms with van der Waals surface area (Å²) in [6.45, 7) is -0.438. The SMILES string of the molecule is COC(=O)[C@@H]1CC[C@@H]([C@@H](O)C(F)(F)F)N(C(=O)OCc2ccccc2)C1. The molecule has 1 aromatic carbocycles. The summed E-state index contributed by atoms with van der Waals surface area (Å²) in [5.74, 6) is -1.38. The van der Waals surface area contributed by atoms with Crippen molar-refractivity contribution in [2.75, 3.05) is 13.7 Å². The molecule has 0 bridgehead atoms. The van der Waals surface area contributed by atoms with Crippen molar-refractivity contribution in [2.45, 2.75) is 37.8 Å². The van der Waals surface area contributed by atoms with E-state index < -0.39 is 36.3 Å². The average Bonchev–Trinajstić information content (AvgIpc) is 2.64. The van der Waals surface area contributed by atoms with Gasteiger partial charge < -0.3 is 19.5 Å². The maximum Gasteiger partial charge on any atom is 0.416 e. The van der Waals surface area contributed by atoms with Crippen molar-refractivity contribution in [3.63, 3.8) is 0 Å². The number of likely N-dealkylation sites (tertiary alicyclic amines) is 1. The van der Waals surface area contributed by atoms with E-state index in [2.05, 4.69) is 4.74 Å². The number of esters is 1. The first-order valence-corrected chi connectivity index (χ1v) is 8.04. The van der Waals surface area contributed by atoms with Crippen LogP contribution in [-0.4, -0.2) is 54.0 Å². The van der Waals surface area contributed by atoms with Crippen molar-refractivity contribution < 1.29 is 37.3 Å². The lowest BCUT2D eigenvalue weighted by atomic mass is 9.90. The standard InChI is InChI=1S/C17H20F3NO5/c1-25-15(23)12-7-8-13(14(22)17(18,19)20)21(9-12)16(24)26-10-11-5-3-2-4-6-11/h2-6,12-14,22H,7-10H2,1H3/t12-,13+,14-/m1/s1. The molecule has 0 aromatic heterocycles. The molecule has 0 saturated carbocycles. The molecule has 1 fully saturated rings. The second-order valence-electron chi connectivity index (χ2n) is 6.04. The summed E-state index contributed by atoms with van der Waals surface area (Å²) >= 11 is 0. The minimum atomic E-state index is -4.89. The van der Waals surface area contributed by atoms with E-state index in [9.17, 15) is 27.9 Å². The zero-order valence-corrected chi connectivity index (χ0v) is 14.1. The molecule has 1 saturated heterocycles. The largest absolute Gasteiger partial charge is 0.469 e. The third-order valence-electron chi connectivity index (χ3n) is 4.30. The van der Waals surface area contributed by atoms with E-state index in [1.165, 1.54) is 0 Å². The smallest absolute Gasteiger partial charge is 0.416 e. The Labute approximate surface area is 148 Å². The number of ether oxygens (including phenoxy) is 2. The molecule has 1 N–H and O–H groups in total. The van der Waals surface area contributed by atoms with Crippen LogP contribution in [0, 0.1) is 5.92 Å². The summed E-state index contributed by atoms with van der Waals surface area (Å²) in [5.41, 5.74) is 0.662. The quantitative estimate of drug-likeness (QED) is 0.819. The van der Waals surface area contributed by atoms with Crippen molar-refractivity contribution in [2.24, 2.45) is 5.92 Å². The van der Waals surface area contributed by atoms with Crippen LogP contribution in [0.3, 0.4) is 0 Å². The normalized spacial score (nSPS) is 21.8. The van der Waals surface area contributed by atoms with E-state index in [1.54, 1.807) is 30.3 Å². The van der Waals surface area contributed by atoms with Gasteiger partial charge in [-0.2, -0.15) is 13.2 Å². The Hall–Kier alpha value is -2.29. The summed E-state index contributed by atoms with van der Waals surface area (Å²) in [6, 6.07) is 7.11. The van der Waals surface area contributed by atoms with Crippen molar-refractivity contribution in [3.05, 3.63) is 35.9 Å². The van der Waals surface area contributed by atoms with Crippen LogP contribution < -0.4 is 0 Å². The zero-order valence-electron chi connectivity index (χ0n) is 14.1. The van der Waals surface area contributed by atoms with Gasteiger partial charge in [0.2, 0.25) is 0 Å². The van der Waals surface area contributed by atoms with Gasteiger partial charge in [-0.25, -0.2) is 4.79 Å². The number of aliphatic hydroxyl groups is 1. The van der Waals surface area contributed by atoms with Crippen LogP contribution in [0.25, 0.3) is 0 Å². The number of piperidine rings is 1. The Morgan fingerprint density at radius 1 is 1.27 bits per heavy atom. The molecule has 0 radical (unpaired) electrons. The van der Waals surface area contributed by atoms with E-state index in [4.69, 9.17) is 4.74 Å². The van der Waals surface area contributed by atoms with Gasteiger partial charge in [-0.3, -0.25) is 4.79 Å². The molecule has 1 amide bonds. The number of methoxy groups -OCH3 is 1. The number of carbonyl (C=O) groups is 2. The minimum absolute atomic E-state index is 0.0763.